The summed E-state index contributed by atoms with van der Waals surface area (Å²) in [6, 6.07) is 0.290. The van der Waals surface area contributed by atoms with Gasteiger partial charge in [-0.15, -0.1) is 0 Å². The average Bonchev–Trinajstić information content (AvgIpc) is 2.67. The third kappa shape index (κ3) is 3.68. The Morgan fingerprint density at radius 2 is 2.25 bits per heavy atom. The number of nitrogens with two attached hydrogens (primary N) is 1. The van der Waals surface area contributed by atoms with Gasteiger partial charge in [-0.1, -0.05) is 0 Å². The maximum Gasteiger partial charge on any atom is 0.154 e. The van der Waals surface area contributed by atoms with Crippen LogP contribution < -0.4 is 11.3 Å². The van der Waals surface area contributed by atoms with Crippen LogP contribution in [0.1, 0.15) is 12.8 Å². The third-order valence-corrected chi connectivity index (χ3v) is 2.25. The molecule has 0 atom stereocenters. The Hall–Kier alpha value is -0.620. The quantitative estimate of drug-likeness (QED) is 0.261. The van der Waals surface area contributed by atoms with Gasteiger partial charge < -0.3 is 5.43 Å². The van der Waals surface area contributed by atoms with Crippen molar-refractivity contribution in [1.82, 2.24) is 5.43 Å². The van der Waals surface area contributed by atoms with Gasteiger partial charge in [0.2, 0.25) is 0 Å². The molecule has 0 unspecified atom stereocenters. The molecule has 5 nitrogen and oxygen atoms in total. The number of aliphatic imine (C=N–C) groups is 1. The van der Waals surface area contributed by atoms with Crippen molar-refractivity contribution in [1.29, 1.82) is 0 Å². The Morgan fingerprint density at radius 1 is 1.67 bits per heavy atom. The van der Waals surface area contributed by atoms with Crippen molar-refractivity contribution in [2.24, 2.45) is 10.8 Å². The van der Waals surface area contributed by atoms with E-state index in [1.807, 2.05) is 0 Å². The second-order valence-electron chi connectivity index (χ2n) is 3.02. The molecule has 1 rings (SSSR count). The molecule has 0 saturated heterocycles. The number of hydrogen-bond acceptors (Lipinski definition) is 4. The number of nitrogens with zero attached hydrogens (tertiary/aromatic N) is 1. The smallest absolute Gasteiger partial charge is 0.154 e. The van der Waals surface area contributed by atoms with Crippen LogP contribution in [0.2, 0.25) is 0 Å². The zero-order valence-corrected chi connectivity index (χ0v) is 7.76. The second-order valence-corrected chi connectivity index (χ2v) is 5.16. The zero-order chi connectivity index (χ0) is 9.19. The molecule has 0 amide bonds. The van der Waals surface area contributed by atoms with E-state index in [0.717, 1.165) is 19.1 Å². The lowest BCUT2D eigenvalue weighted by Gasteiger charge is -2.02. The third-order valence-electron chi connectivity index (χ3n) is 1.45. The highest BCUT2D eigenvalue weighted by molar-refractivity contribution is 7.91. The Kier molecular flexibility index (Phi) is 2.69. The van der Waals surface area contributed by atoms with Crippen LogP contribution in [0, 0.1) is 0 Å². The fourth-order valence-electron chi connectivity index (χ4n) is 0.789. The number of sulfone groups is 1. The molecule has 0 bridgehead atoms. The van der Waals surface area contributed by atoms with Crippen LogP contribution in [0.3, 0.4) is 0 Å². The predicted molar refractivity (Wildman–Crippen MR) is 47.5 cm³/mol. The van der Waals surface area contributed by atoms with E-state index < -0.39 is 9.84 Å². The van der Waals surface area contributed by atoms with E-state index in [-0.39, 0.29) is 11.8 Å². The van der Waals surface area contributed by atoms with E-state index in [9.17, 15) is 8.42 Å². The average molecular weight is 191 g/mol. The molecule has 70 valence electrons. The first kappa shape index (κ1) is 9.47. The molecule has 0 spiro atoms. The lowest BCUT2D eigenvalue weighted by atomic mass is 10.6. The van der Waals surface area contributed by atoms with Crippen molar-refractivity contribution < 1.29 is 8.42 Å². The summed E-state index contributed by atoms with van der Waals surface area (Å²) >= 11 is 0. The predicted octanol–water partition coefficient (Wildman–Crippen LogP) is -0.945. The molecule has 0 radical (unpaired) electrons. The zero-order valence-electron chi connectivity index (χ0n) is 6.95. The molecule has 1 aliphatic carbocycles. The van der Waals surface area contributed by atoms with Gasteiger partial charge in [0.05, 0.1) is 6.04 Å². The number of hydrazine groups is 1. The lowest BCUT2D eigenvalue weighted by Crippen LogP contribution is -2.35. The van der Waals surface area contributed by atoms with Crippen LogP contribution in [-0.2, 0) is 9.84 Å². The Balaban J connectivity index is 2.56. The van der Waals surface area contributed by atoms with Gasteiger partial charge in [-0.2, -0.15) is 0 Å². The molecule has 0 aliphatic heterocycles. The number of hydrogen-bond donors (Lipinski definition) is 2. The van der Waals surface area contributed by atoms with Gasteiger partial charge >= 0.3 is 0 Å². The molecule has 1 saturated carbocycles. The Morgan fingerprint density at radius 3 is 2.58 bits per heavy atom. The first-order valence-electron chi connectivity index (χ1n) is 3.72. The molecular weight excluding hydrogens is 178 g/mol. The number of rotatable bonds is 3. The molecular formula is C6H13N3O2S. The summed E-state index contributed by atoms with van der Waals surface area (Å²) in [5, 5.41) is 0. The van der Waals surface area contributed by atoms with Gasteiger partial charge in [0.15, 0.2) is 9.84 Å². The molecule has 0 aromatic heterocycles. The molecule has 0 aromatic carbocycles. The Labute approximate surface area is 71.9 Å². The molecule has 1 fully saturated rings. The summed E-state index contributed by atoms with van der Waals surface area (Å²) in [5.41, 5.74) is 2.30. The summed E-state index contributed by atoms with van der Waals surface area (Å²) in [5.74, 6) is 5.37. The van der Waals surface area contributed by atoms with E-state index >= 15 is 0 Å². The second kappa shape index (κ2) is 3.40. The van der Waals surface area contributed by atoms with Crippen LogP contribution in [0.15, 0.2) is 4.99 Å². The van der Waals surface area contributed by atoms with Crippen molar-refractivity contribution >= 4 is 15.7 Å². The van der Waals surface area contributed by atoms with E-state index in [1.54, 1.807) is 0 Å². The molecule has 3 N–H and O–H groups in total. The maximum absolute atomic E-state index is 10.8. The lowest BCUT2D eigenvalue weighted by molar-refractivity contribution is 0.605. The Bertz CT molecular complexity index is 279. The van der Waals surface area contributed by atoms with Crippen LogP contribution in [0.4, 0.5) is 0 Å². The molecule has 6 heteroatoms. The normalized spacial score (nSPS) is 19.3. The fraction of sp³-hybridized carbons (Fsp3) is 0.833. The highest BCUT2D eigenvalue weighted by Crippen LogP contribution is 2.23. The first-order valence-corrected chi connectivity index (χ1v) is 5.78. The van der Waals surface area contributed by atoms with Crippen LogP contribution >= 0.6 is 0 Å². The summed E-state index contributed by atoms with van der Waals surface area (Å²) < 4.78 is 21.7. The highest BCUT2D eigenvalue weighted by Gasteiger charge is 2.21. The summed E-state index contributed by atoms with van der Waals surface area (Å²) in [6.45, 7) is 0. The molecule has 1 aliphatic rings. The first-order chi connectivity index (χ1) is 5.51. The summed E-state index contributed by atoms with van der Waals surface area (Å²) in [4.78, 5) is 4.09. The van der Waals surface area contributed by atoms with Gasteiger partial charge in [-0.05, 0) is 12.8 Å². The topological polar surface area (TPSA) is 84.5 Å². The molecule has 12 heavy (non-hydrogen) atoms. The van der Waals surface area contributed by atoms with Gasteiger partial charge in [-0.25, -0.2) is 14.3 Å². The summed E-state index contributed by atoms with van der Waals surface area (Å²) in [6.07, 6.45) is 3.23. The van der Waals surface area contributed by atoms with E-state index in [2.05, 4.69) is 10.4 Å². The SMILES string of the molecule is CS(=O)(=O)CC(=NC1CC1)NN. The van der Waals surface area contributed by atoms with E-state index in [4.69, 9.17) is 5.84 Å². The van der Waals surface area contributed by atoms with Gasteiger partial charge in [0, 0.05) is 6.26 Å². The van der Waals surface area contributed by atoms with Crippen molar-refractivity contribution in [3.05, 3.63) is 0 Å². The number of amidine groups is 1. The minimum Gasteiger partial charge on any atom is -0.311 e. The van der Waals surface area contributed by atoms with Crippen molar-refractivity contribution in [2.75, 3.05) is 12.0 Å². The van der Waals surface area contributed by atoms with Crippen molar-refractivity contribution in [2.45, 2.75) is 18.9 Å². The summed E-state index contributed by atoms with van der Waals surface area (Å²) in [7, 11) is -3.03. The standard InChI is InChI=1S/C6H13N3O2S/c1-12(10,11)4-6(9-7)8-5-2-3-5/h5H,2-4,7H2,1H3,(H,8,9). The maximum atomic E-state index is 10.8. The van der Waals surface area contributed by atoms with Gasteiger partial charge in [-0.3, -0.25) is 4.99 Å². The van der Waals surface area contributed by atoms with Crippen LogP contribution in [0.25, 0.3) is 0 Å². The van der Waals surface area contributed by atoms with Crippen LogP contribution in [-0.4, -0.2) is 32.3 Å². The highest BCUT2D eigenvalue weighted by atomic mass is 32.2. The largest absolute Gasteiger partial charge is 0.311 e. The van der Waals surface area contributed by atoms with Crippen molar-refractivity contribution in [3.8, 4) is 0 Å². The number of nitrogens with one attached hydrogen (secondary N) is 1. The molecule has 0 heterocycles. The van der Waals surface area contributed by atoms with Crippen molar-refractivity contribution in [3.63, 3.8) is 0 Å². The minimum absolute atomic E-state index is 0.0972. The monoisotopic (exact) mass is 191 g/mol. The fourth-order valence-corrected chi connectivity index (χ4v) is 1.44. The van der Waals surface area contributed by atoms with Gasteiger partial charge in [0.25, 0.3) is 0 Å². The molecule has 0 aromatic rings. The van der Waals surface area contributed by atoms with Gasteiger partial charge in [0.1, 0.15) is 11.6 Å². The minimum atomic E-state index is -3.03. The van der Waals surface area contributed by atoms with Crippen LogP contribution in [0.5, 0.6) is 0 Å². The van der Waals surface area contributed by atoms with E-state index in [0.29, 0.717) is 5.84 Å². The van der Waals surface area contributed by atoms with E-state index in [1.165, 1.54) is 0 Å².